The Labute approximate surface area is 121 Å². The Balaban J connectivity index is 1.84. The van der Waals surface area contributed by atoms with E-state index in [4.69, 9.17) is 0 Å². The molecule has 1 N–H and O–H groups in total. The molecule has 2 aromatic rings. The van der Waals surface area contributed by atoms with Crippen molar-refractivity contribution < 1.29 is 5.11 Å². The van der Waals surface area contributed by atoms with Gasteiger partial charge in [0.2, 0.25) is 0 Å². The predicted molar refractivity (Wildman–Crippen MR) is 83.5 cm³/mol. The molecule has 0 heterocycles. The fourth-order valence-corrected chi connectivity index (χ4v) is 2.34. The SMILES string of the molecule is Cc1ccccc1CN(C)CCC(O)c1ccccc1. The zero-order valence-electron chi connectivity index (χ0n) is 12.3. The topological polar surface area (TPSA) is 23.5 Å². The van der Waals surface area contributed by atoms with E-state index in [1.165, 1.54) is 11.1 Å². The highest BCUT2D eigenvalue weighted by atomic mass is 16.3. The van der Waals surface area contributed by atoms with Crippen molar-refractivity contribution in [2.75, 3.05) is 13.6 Å². The van der Waals surface area contributed by atoms with Crippen LogP contribution in [0.5, 0.6) is 0 Å². The van der Waals surface area contributed by atoms with Gasteiger partial charge in [0.05, 0.1) is 6.10 Å². The summed E-state index contributed by atoms with van der Waals surface area (Å²) in [6.07, 6.45) is 0.377. The molecular weight excluding hydrogens is 246 g/mol. The summed E-state index contributed by atoms with van der Waals surface area (Å²) in [6, 6.07) is 18.3. The molecule has 0 aromatic heterocycles. The quantitative estimate of drug-likeness (QED) is 0.867. The van der Waals surface area contributed by atoms with E-state index in [-0.39, 0.29) is 6.10 Å². The third-order valence-corrected chi connectivity index (χ3v) is 3.67. The number of rotatable bonds is 6. The first-order valence-corrected chi connectivity index (χ1v) is 7.13. The van der Waals surface area contributed by atoms with Crippen LogP contribution in [0.2, 0.25) is 0 Å². The summed E-state index contributed by atoms with van der Waals surface area (Å²) < 4.78 is 0. The van der Waals surface area contributed by atoms with Gasteiger partial charge >= 0.3 is 0 Å². The fourth-order valence-electron chi connectivity index (χ4n) is 2.34. The van der Waals surface area contributed by atoms with Gasteiger partial charge in [-0.2, -0.15) is 0 Å². The fraction of sp³-hybridized carbons (Fsp3) is 0.333. The zero-order valence-corrected chi connectivity index (χ0v) is 12.3. The minimum absolute atomic E-state index is 0.379. The van der Waals surface area contributed by atoms with Gasteiger partial charge < -0.3 is 10.0 Å². The molecule has 0 spiro atoms. The van der Waals surface area contributed by atoms with Crippen molar-refractivity contribution >= 4 is 0 Å². The first-order chi connectivity index (χ1) is 9.66. The van der Waals surface area contributed by atoms with E-state index in [1.807, 2.05) is 30.3 Å². The van der Waals surface area contributed by atoms with Gasteiger partial charge in [-0.05, 0) is 37.1 Å². The van der Waals surface area contributed by atoms with E-state index >= 15 is 0 Å². The van der Waals surface area contributed by atoms with E-state index in [0.29, 0.717) is 0 Å². The molecule has 0 aliphatic rings. The van der Waals surface area contributed by atoms with Gasteiger partial charge in [-0.25, -0.2) is 0 Å². The average molecular weight is 269 g/mol. The molecular formula is C18H23NO. The Hall–Kier alpha value is -1.64. The molecule has 0 fully saturated rings. The smallest absolute Gasteiger partial charge is 0.0802 e. The number of aryl methyl sites for hydroxylation is 1. The molecule has 0 amide bonds. The molecule has 20 heavy (non-hydrogen) atoms. The second-order valence-corrected chi connectivity index (χ2v) is 5.38. The monoisotopic (exact) mass is 269 g/mol. The Morgan fingerprint density at radius 1 is 1.00 bits per heavy atom. The second-order valence-electron chi connectivity index (χ2n) is 5.38. The van der Waals surface area contributed by atoms with Gasteiger partial charge in [0.25, 0.3) is 0 Å². The first-order valence-electron chi connectivity index (χ1n) is 7.13. The maximum absolute atomic E-state index is 10.2. The molecule has 2 aromatic carbocycles. The summed E-state index contributed by atoms with van der Waals surface area (Å²) in [5.41, 5.74) is 3.67. The Bertz CT molecular complexity index is 524. The van der Waals surface area contributed by atoms with Crippen LogP contribution < -0.4 is 0 Å². The van der Waals surface area contributed by atoms with Crippen LogP contribution in [0, 0.1) is 6.92 Å². The molecule has 2 nitrogen and oxygen atoms in total. The lowest BCUT2D eigenvalue weighted by Crippen LogP contribution is -2.21. The average Bonchev–Trinajstić information content (AvgIpc) is 2.48. The van der Waals surface area contributed by atoms with Crippen LogP contribution in [-0.2, 0) is 6.54 Å². The third kappa shape index (κ3) is 4.19. The number of hydrogen-bond donors (Lipinski definition) is 1. The molecule has 1 atom stereocenters. The Morgan fingerprint density at radius 3 is 2.35 bits per heavy atom. The summed E-state index contributed by atoms with van der Waals surface area (Å²) in [7, 11) is 2.10. The van der Waals surface area contributed by atoms with E-state index in [1.54, 1.807) is 0 Å². The molecule has 0 radical (unpaired) electrons. The largest absolute Gasteiger partial charge is 0.388 e. The Kier molecular flexibility index (Phi) is 5.33. The lowest BCUT2D eigenvalue weighted by atomic mass is 10.1. The van der Waals surface area contributed by atoms with Crippen LogP contribution in [0.4, 0.5) is 0 Å². The van der Waals surface area contributed by atoms with Crippen LogP contribution in [0.15, 0.2) is 54.6 Å². The van der Waals surface area contributed by atoms with Crippen molar-refractivity contribution in [3.8, 4) is 0 Å². The van der Waals surface area contributed by atoms with Crippen molar-refractivity contribution in [2.45, 2.75) is 26.0 Å². The van der Waals surface area contributed by atoms with Crippen LogP contribution in [0.25, 0.3) is 0 Å². The summed E-state index contributed by atoms with van der Waals surface area (Å²) in [6.45, 7) is 3.95. The van der Waals surface area contributed by atoms with Crippen LogP contribution in [-0.4, -0.2) is 23.6 Å². The standard InChI is InChI=1S/C18H23NO/c1-15-8-6-7-11-17(15)14-19(2)13-12-18(20)16-9-4-3-5-10-16/h3-11,18,20H,12-14H2,1-2H3. The molecule has 106 valence electrons. The predicted octanol–water partition coefficient (Wildman–Crippen LogP) is 3.55. The lowest BCUT2D eigenvalue weighted by Gasteiger charge is -2.20. The minimum Gasteiger partial charge on any atom is -0.388 e. The summed E-state index contributed by atoms with van der Waals surface area (Å²) in [5, 5.41) is 10.2. The van der Waals surface area contributed by atoms with E-state index < -0.39 is 0 Å². The van der Waals surface area contributed by atoms with Crippen molar-refractivity contribution in [1.82, 2.24) is 4.90 Å². The number of hydrogen-bond acceptors (Lipinski definition) is 2. The van der Waals surface area contributed by atoms with E-state index in [0.717, 1.165) is 25.1 Å². The maximum Gasteiger partial charge on any atom is 0.0802 e. The molecule has 2 heteroatoms. The first kappa shape index (κ1) is 14.8. The van der Waals surface area contributed by atoms with Crippen molar-refractivity contribution in [3.63, 3.8) is 0 Å². The molecule has 0 saturated carbocycles. The zero-order chi connectivity index (χ0) is 14.4. The third-order valence-electron chi connectivity index (χ3n) is 3.67. The number of benzene rings is 2. The van der Waals surface area contributed by atoms with Gasteiger partial charge in [0, 0.05) is 13.1 Å². The normalized spacial score (nSPS) is 12.6. The van der Waals surface area contributed by atoms with Crippen molar-refractivity contribution in [2.24, 2.45) is 0 Å². The van der Waals surface area contributed by atoms with Crippen LogP contribution >= 0.6 is 0 Å². The van der Waals surface area contributed by atoms with E-state index in [9.17, 15) is 5.11 Å². The molecule has 0 bridgehead atoms. The summed E-state index contributed by atoms with van der Waals surface area (Å²) in [4.78, 5) is 2.26. The van der Waals surface area contributed by atoms with Crippen molar-refractivity contribution in [1.29, 1.82) is 0 Å². The lowest BCUT2D eigenvalue weighted by molar-refractivity contribution is 0.147. The highest BCUT2D eigenvalue weighted by molar-refractivity contribution is 5.25. The minimum atomic E-state index is -0.379. The molecule has 0 saturated heterocycles. The maximum atomic E-state index is 10.2. The summed E-state index contributed by atoms with van der Waals surface area (Å²) >= 11 is 0. The van der Waals surface area contributed by atoms with Crippen LogP contribution in [0.3, 0.4) is 0 Å². The van der Waals surface area contributed by atoms with Gasteiger partial charge in [-0.1, -0.05) is 54.6 Å². The van der Waals surface area contributed by atoms with Gasteiger partial charge in [-0.15, -0.1) is 0 Å². The van der Waals surface area contributed by atoms with Crippen LogP contribution in [0.1, 0.15) is 29.2 Å². The van der Waals surface area contributed by atoms with E-state index in [2.05, 4.69) is 43.1 Å². The second kappa shape index (κ2) is 7.22. The van der Waals surface area contributed by atoms with Gasteiger partial charge in [0.1, 0.15) is 0 Å². The molecule has 0 aliphatic heterocycles. The van der Waals surface area contributed by atoms with Gasteiger partial charge in [-0.3, -0.25) is 0 Å². The Morgan fingerprint density at radius 2 is 1.65 bits per heavy atom. The molecule has 1 unspecified atom stereocenters. The number of nitrogens with zero attached hydrogens (tertiary/aromatic N) is 1. The number of aliphatic hydroxyl groups excluding tert-OH is 1. The highest BCUT2D eigenvalue weighted by Crippen LogP contribution is 2.17. The van der Waals surface area contributed by atoms with Gasteiger partial charge in [0.15, 0.2) is 0 Å². The summed E-state index contributed by atoms with van der Waals surface area (Å²) in [5.74, 6) is 0. The number of aliphatic hydroxyl groups is 1. The van der Waals surface area contributed by atoms with Crippen molar-refractivity contribution in [3.05, 3.63) is 71.3 Å². The molecule has 2 rings (SSSR count). The molecule has 0 aliphatic carbocycles. The highest BCUT2D eigenvalue weighted by Gasteiger charge is 2.09.